The van der Waals surface area contributed by atoms with Crippen molar-refractivity contribution < 1.29 is 28.2 Å². The average Bonchev–Trinajstić information content (AvgIpc) is 3.10. The van der Waals surface area contributed by atoms with Crippen molar-refractivity contribution in [1.29, 1.82) is 0 Å². The Morgan fingerprint density at radius 2 is 2.13 bits per heavy atom. The molecule has 30 heavy (non-hydrogen) atoms. The number of benzene rings is 1. The molecule has 3 rings (SSSR count). The molecular weight excluding hydrogens is 393 g/mol. The third-order valence-electron chi connectivity index (χ3n) is 4.52. The molecule has 1 aliphatic rings. The van der Waals surface area contributed by atoms with E-state index in [1.807, 2.05) is 4.90 Å². The molecule has 0 radical (unpaired) electrons. The second-order valence-electron chi connectivity index (χ2n) is 8.26. The Morgan fingerprint density at radius 1 is 1.40 bits per heavy atom. The van der Waals surface area contributed by atoms with E-state index < -0.39 is 11.7 Å². The number of oxazole rings is 1. The van der Waals surface area contributed by atoms with Crippen LogP contribution < -0.4 is 15.0 Å². The molecule has 0 bridgehead atoms. The molecule has 2 N–H and O–H groups in total. The first-order valence-electron chi connectivity index (χ1n) is 9.95. The number of carbonyl (C=O) groups is 1. The molecule has 9 heteroatoms. The molecule has 0 atom stereocenters. The van der Waals surface area contributed by atoms with Crippen molar-refractivity contribution in [2.45, 2.75) is 45.3 Å². The van der Waals surface area contributed by atoms with Crippen molar-refractivity contribution in [2.75, 3.05) is 31.1 Å². The van der Waals surface area contributed by atoms with Gasteiger partial charge in [0.05, 0.1) is 12.4 Å². The molecular formula is C21H28FN3O5. The molecule has 1 aliphatic heterocycles. The van der Waals surface area contributed by atoms with Gasteiger partial charge in [-0.25, -0.2) is 9.18 Å². The maximum atomic E-state index is 13.2. The number of fused-ring (bicyclic) bond motifs is 1. The number of aliphatic hydroxyl groups excluding tert-OH is 1. The molecule has 1 fully saturated rings. The van der Waals surface area contributed by atoms with Gasteiger partial charge in [-0.15, -0.1) is 0 Å². The normalized spacial score (nSPS) is 16.0. The number of aromatic nitrogens is 1. The smallest absolute Gasteiger partial charge is 0.407 e. The van der Waals surface area contributed by atoms with Crippen molar-refractivity contribution in [3.05, 3.63) is 30.1 Å². The number of amides is 1. The summed E-state index contributed by atoms with van der Waals surface area (Å²) in [6.45, 7) is 6.56. The predicted molar refractivity (Wildman–Crippen MR) is 110 cm³/mol. The molecule has 1 saturated heterocycles. The van der Waals surface area contributed by atoms with Gasteiger partial charge in [0.2, 0.25) is 0 Å². The minimum atomic E-state index is -0.625. The first-order chi connectivity index (χ1) is 14.2. The minimum absolute atomic E-state index is 0.0269. The summed E-state index contributed by atoms with van der Waals surface area (Å²) >= 11 is 0. The molecule has 0 spiro atoms. The minimum Gasteiger partial charge on any atom is -0.489 e. The summed E-state index contributed by atoms with van der Waals surface area (Å²) in [4.78, 5) is 18.2. The highest BCUT2D eigenvalue weighted by Gasteiger charge is 2.21. The summed E-state index contributed by atoms with van der Waals surface area (Å²) in [5.41, 5.74) is 0.883. The number of hydrogen-bond acceptors (Lipinski definition) is 7. The number of aliphatic hydroxyl groups is 1. The Kier molecular flexibility index (Phi) is 6.81. The number of nitrogens with one attached hydrogen (secondary N) is 1. The lowest BCUT2D eigenvalue weighted by Crippen LogP contribution is -2.35. The van der Waals surface area contributed by atoms with Gasteiger partial charge in [0.25, 0.3) is 6.01 Å². The fraction of sp³-hybridized carbons (Fsp3) is 0.524. The standard InChI is InChI=1S/C21H28FN3O5/c1-21(2,3)30-20(27)23-12-14(11-22)13-28-16-4-5-17-18(10-16)29-19(24-17)25-8-6-15(26)7-9-25/h4-5,10-11,15,26H,6-9,12-13H2,1-3H3,(H,23,27). The average molecular weight is 421 g/mol. The van der Waals surface area contributed by atoms with E-state index in [-0.39, 0.29) is 24.8 Å². The van der Waals surface area contributed by atoms with Crippen LogP contribution in [0.15, 0.2) is 34.5 Å². The maximum absolute atomic E-state index is 13.2. The SMILES string of the molecule is CC(C)(C)OC(=O)NCC(=CF)COc1ccc2nc(N3CCC(O)CC3)oc2c1. The van der Waals surface area contributed by atoms with Crippen LogP contribution in [-0.2, 0) is 4.74 Å². The summed E-state index contributed by atoms with van der Waals surface area (Å²) in [5, 5.41) is 12.1. The number of alkyl carbamates (subject to hydrolysis) is 1. The molecule has 164 valence electrons. The van der Waals surface area contributed by atoms with Crippen LogP contribution in [0.1, 0.15) is 33.6 Å². The zero-order chi connectivity index (χ0) is 21.7. The van der Waals surface area contributed by atoms with Crippen molar-refractivity contribution in [3.8, 4) is 5.75 Å². The van der Waals surface area contributed by atoms with Gasteiger partial charge < -0.3 is 29.2 Å². The van der Waals surface area contributed by atoms with Gasteiger partial charge in [0.15, 0.2) is 5.58 Å². The number of hydrogen-bond donors (Lipinski definition) is 2. The number of rotatable bonds is 6. The number of carbonyl (C=O) groups excluding carboxylic acids is 1. The summed E-state index contributed by atoms with van der Waals surface area (Å²) in [6.07, 6.45) is 0.884. The first kappa shape index (κ1) is 21.9. The summed E-state index contributed by atoms with van der Waals surface area (Å²) in [5.74, 6) is 0.496. The van der Waals surface area contributed by atoms with Crippen LogP contribution in [0.25, 0.3) is 11.1 Å². The summed E-state index contributed by atoms with van der Waals surface area (Å²) < 4.78 is 29.7. The van der Waals surface area contributed by atoms with Crippen molar-refractivity contribution in [2.24, 2.45) is 0 Å². The van der Waals surface area contributed by atoms with Gasteiger partial charge in [0, 0.05) is 31.3 Å². The Labute approximate surface area is 174 Å². The largest absolute Gasteiger partial charge is 0.489 e. The fourth-order valence-electron chi connectivity index (χ4n) is 2.97. The third kappa shape index (κ3) is 6.09. The monoisotopic (exact) mass is 421 g/mol. The van der Waals surface area contributed by atoms with Crippen LogP contribution in [0.5, 0.6) is 5.75 Å². The highest BCUT2D eigenvalue weighted by molar-refractivity contribution is 5.76. The van der Waals surface area contributed by atoms with E-state index in [1.54, 1.807) is 39.0 Å². The lowest BCUT2D eigenvalue weighted by molar-refractivity contribution is 0.0531. The second kappa shape index (κ2) is 9.34. The van der Waals surface area contributed by atoms with Crippen molar-refractivity contribution in [1.82, 2.24) is 10.3 Å². The number of anilines is 1. The zero-order valence-corrected chi connectivity index (χ0v) is 17.5. The fourth-order valence-corrected chi connectivity index (χ4v) is 2.97. The first-order valence-corrected chi connectivity index (χ1v) is 9.95. The van der Waals surface area contributed by atoms with E-state index in [1.165, 1.54) is 0 Å². The molecule has 0 unspecified atom stereocenters. The van der Waals surface area contributed by atoms with Crippen LogP contribution in [0, 0.1) is 0 Å². The Balaban J connectivity index is 1.55. The quantitative estimate of drug-likeness (QED) is 0.736. The van der Waals surface area contributed by atoms with Gasteiger partial charge in [-0.1, -0.05) is 0 Å². The molecule has 1 aromatic carbocycles. The molecule has 0 saturated carbocycles. The lowest BCUT2D eigenvalue weighted by Gasteiger charge is -2.27. The molecule has 2 heterocycles. The van der Waals surface area contributed by atoms with Gasteiger partial charge in [-0.3, -0.25) is 0 Å². The molecule has 1 amide bonds. The number of nitrogens with zero attached hydrogens (tertiary/aromatic N) is 2. The highest BCUT2D eigenvalue weighted by Crippen LogP contribution is 2.27. The van der Waals surface area contributed by atoms with Crippen LogP contribution >= 0.6 is 0 Å². The van der Waals surface area contributed by atoms with Crippen LogP contribution in [0.2, 0.25) is 0 Å². The summed E-state index contributed by atoms with van der Waals surface area (Å²) in [6, 6.07) is 5.71. The van der Waals surface area contributed by atoms with Crippen LogP contribution in [0.4, 0.5) is 15.2 Å². The third-order valence-corrected chi connectivity index (χ3v) is 4.52. The van der Waals surface area contributed by atoms with E-state index in [0.717, 1.165) is 0 Å². The van der Waals surface area contributed by atoms with E-state index in [2.05, 4.69) is 10.3 Å². The van der Waals surface area contributed by atoms with Crippen molar-refractivity contribution in [3.63, 3.8) is 0 Å². The topological polar surface area (TPSA) is 97.1 Å². The zero-order valence-electron chi connectivity index (χ0n) is 17.5. The van der Waals surface area contributed by atoms with Gasteiger partial charge in [-0.2, -0.15) is 4.98 Å². The predicted octanol–water partition coefficient (Wildman–Crippen LogP) is 3.55. The molecule has 2 aromatic rings. The molecule has 0 aliphatic carbocycles. The van der Waals surface area contributed by atoms with Gasteiger partial charge in [-0.05, 0) is 45.7 Å². The number of piperidine rings is 1. The van der Waals surface area contributed by atoms with Crippen LogP contribution in [0.3, 0.4) is 0 Å². The number of halogens is 1. The second-order valence-corrected chi connectivity index (χ2v) is 8.26. The Hall–Kier alpha value is -2.81. The summed E-state index contributed by atoms with van der Waals surface area (Å²) in [7, 11) is 0. The Morgan fingerprint density at radius 3 is 2.80 bits per heavy atom. The van der Waals surface area contributed by atoms with E-state index in [9.17, 15) is 14.3 Å². The van der Waals surface area contributed by atoms with E-state index >= 15 is 0 Å². The van der Waals surface area contributed by atoms with E-state index in [0.29, 0.717) is 55.1 Å². The highest BCUT2D eigenvalue weighted by atomic mass is 19.1. The Bertz CT molecular complexity index is 898. The van der Waals surface area contributed by atoms with Crippen LogP contribution in [-0.4, -0.2) is 54.1 Å². The van der Waals surface area contributed by atoms with Gasteiger partial charge >= 0.3 is 6.09 Å². The molecule has 1 aromatic heterocycles. The number of ether oxygens (including phenoxy) is 2. The lowest BCUT2D eigenvalue weighted by atomic mass is 10.1. The van der Waals surface area contributed by atoms with E-state index in [4.69, 9.17) is 13.9 Å². The van der Waals surface area contributed by atoms with Gasteiger partial charge in [0.1, 0.15) is 23.5 Å². The molecule has 8 nitrogen and oxygen atoms in total. The van der Waals surface area contributed by atoms with Crippen molar-refractivity contribution >= 4 is 23.2 Å². The maximum Gasteiger partial charge on any atom is 0.407 e.